The van der Waals surface area contributed by atoms with Gasteiger partial charge in [0.05, 0.1) is 5.69 Å². The van der Waals surface area contributed by atoms with Crippen LogP contribution in [0.15, 0.2) is 65.5 Å². The smallest absolute Gasteiger partial charge is 0.246 e. The molecular weight excluding hydrogens is 266 g/mol. The molecule has 2 heterocycles. The third kappa shape index (κ3) is 1.77. The lowest BCUT2D eigenvalue weighted by Crippen LogP contribution is -2.15. The van der Waals surface area contributed by atoms with E-state index in [0.717, 1.165) is 11.3 Å². The second kappa shape index (κ2) is 4.45. The average molecular weight is 277 g/mol. The lowest BCUT2D eigenvalue weighted by molar-refractivity contribution is 0.914. The summed E-state index contributed by atoms with van der Waals surface area (Å²) in [6.45, 7) is 0. The minimum atomic E-state index is -0.247. The molecule has 2 aromatic heterocycles. The van der Waals surface area contributed by atoms with Crippen LogP contribution >= 0.6 is 0 Å². The van der Waals surface area contributed by atoms with Crippen molar-refractivity contribution in [1.82, 2.24) is 24.4 Å². The average Bonchev–Trinajstić information content (AvgIpc) is 3.06. The maximum Gasteiger partial charge on any atom is 0.348 e. The van der Waals surface area contributed by atoms with Crippen molar-refractivity contribution in [2.24, 2.45) is 0 Å². The Balaban J connectivity index is 1.99. The van der Waals surface area contributed by atoms with Crippen LogP contribution in [0.5, 0.6) is 0 Å². The highest BCUT2D eigenvalue weighted by atomic mass is 16.2. The Hall–Kier alpha value is -3.15. The lowest BCUT2D eigenvalue weighted by atomic mass is 10.2. The van der Waals surface area contributed by atoms with Gasteiger partial charge in [0.25, 0.3) is 5.78 Å². The SMILES string of the molecule is O=c1[nH]n2c(-c3ccccc3)nnc2n1-c1ccccc1. The van der Waals surface area contributed by atoms with Gasteiger partial charge in [-0.3, -0.25) is 0 Å². The van der Waals surface area contributed by atoms with Crippen LogP contribution in [0.25, 0.3) is 22.9 Å². The van der Waals surface area contributed by atoms with Crippen molar-refractivity contribution in [3.8, 4) is 17.1 Å². The van der Waals surface area contributed by atoms with Crippen molar-refractivity contribution in [3.05, 3.63) is 71.1 Å². The van der Waals surface area contributed by atoms with E-state index in [2.05, 4.69) is 15.3 Å². The van der Waals surface area contributed by atoms with Gasteiger partial charge in [-0.2, -0.15) is 4.52 Å². The molecule has 0 spiro atoms. The van der Waals surface area contributed by atoms with Crippen LogP contribution < -0.4 is 5.69 Å². The topological polar surface area (TPSA) is 68.0 Å². The highest BCUT2D eigenvalue weighted by Gasteiger charge is 2.15. The third-order valence-electron chi connectivity index (χ3n) is 3.30. The Labute approximate surface area is 119 Å². The number of aromatic nitrogens is 5. The van der Waals surface area contributed by atoms with Gasteiger partial charge in [0.2, 0.25) is 0 Å². The molecule has 102 valence electrons. The molecule has 4 rings (SSSR count). The van der Waals surface area contributed by atoms with E-state index in [0.29, 0.717) is 11.6 Å². The summed E-state index contributed by atoms with van der Waals surface area (Å²) in [5.74, 6) is 1.07. The summed E-state index contributed by atoms with van der Waals surface area (Å²) in [7, 11) is 0. The van der Waals surface area contributed by atoms with Crippen LogP contribution in [-0.2, 0) is 0 Å². The number of benzene rings is 2. The molecule has 2 aromatic carbocycles. The summed E-state index contributed by atoms with van der Waals surface area (Å²) >= 11 is 0. The number of aromatic amines is 1. The van der Waals surface area contributed by atoms with Gasteiger partial charge in [0.15, 0.2) is 5.82 Å². The van der Waals surface area contributed by atoms with Gasteiger partial charge in [0, 0.05) is 5.56 Å². The van der Waals surface area contributed by atoms with Crippen LogP contribution in [-0.4, -0.2) is 24.4 Å². The fourth-order valence-electron chi connectivity index (χ4n) is 2.34. The first kappa shape index (κ1) is 11.7. The number of nitrogens with one attached hydrogen (secondary N) is 1. The van der Waals surface area contributed by atoms with Crippen molar-refractivity contribution in [2.45, 2.75) is 0 Å². The van der Waals surface area contributed by atoms with Gasteiger partial charge >= 0.3 is 5.69 Å². The molecule has 0 saturated heterocycles. The van der Waals surface area contributed by atoms with E-state index in [1.54, 1.807) is 4.52 Å². The van der Waals surface area contributed by atoms with Gasteiger partial charge in [-0.1, -0.05) is 48.5 Å². The fourth-order valence-corrected chi connectivity index (χ4v) is 2.34. The summed E-state index contributed by atoms with van der Waals surface area (Å²) in [5.41, 5.74) is 1.40. The number of rotatable bonds is 2. The van der Waals surface area contributed by atoms with Crippen LogP contribution in [0.2, 0.25) is 0 Å². The second-order valence-corrected chi connectivity index (χ2v) is 4.61. The van der Waals surface area contributed by atoms with Crippen molar-refractivity contribution >= 4 is 5.78 Å². The monoisotopic (exact) mass is 277 g/mol. The molecule has 0 bridgehead atoms. The lowest BCUT2D eigenvalue weighted by Gasteiger charge is -1.98. The van der Waals surface area contributed by atoms with Crippen LogP contribution in [0.4, 0.5) is 0 Å². The number of hydrogen-bond acceptors (Lipinski definition) is 3. The third-order valence-corrected chi connectivity index (χ3v) is 3.30. The quantitative estimate of drug-likeness (QED) is 0.608. The fraction of sp³-hybridized carbons (Fsp3) is 0. The Bertz CT molecular complexity index is 950. The van der Waals surface area contributed by atoms with Gasteiger partial charge in [-0.25, -0.2) is 14.5 Å². The highest BCUT2D eigenvalue weighted by Crippen LogP contribution is 2.17. The zero-order chi connectivity index (χ0) is 14.2. The number of fused-ring (bicyclic) bond motifs is 1. The van der Waals surface area contributed by atoms with E-state index in [4.69, 9.17) is 0 Å². The molecule has 6 heteroatoms. The van der Waals surface area contributed by atoms with Crippen molar-refractivity contribution < 1.29 is 0 Å². The number of nitrogens with zero attached hydrogens (tertiary/aromatic N) is 4. The normalized spacial score (nSPS) is 11.0. The highest BCUT2D eigenvalue weighted by molar-refractivity contribution is 5.58. The van der Waals surface area contributed by atoms with Crippen LogP contribution in [0, 0.1) is 0 Å². The molecule has 0 unspecified atom stereocenters. The predicted molar refractivity (Wildman–Crippen MR) is 78.4 cm³/mol. The molecule has 0 radical (unpaired) electrons. The molecular formula is C15H11N5O. The maximum atomic E-state index is 12.2. The molecule has 0 fully saturated rings. The molecule has 0 aliphatic heterocycles. The Morgan fingerprint density at radius 3 is 2.24 bits per heavy atom. The zero-order valence-corrected chi connectivity index (χ0v) is 11.0. The van der Waals surface area contributed by atoms with Gasteiger partial charge < -0.3 is 0 Å². The first-order valence-electron chi connectivity index (χ1n) is 6.51. The van der Waals surface area contributed by atoms with E-state index in [-0.39, 0.29) is 5.69 Å². The standard InChI is InChI=1S/C15H11N5O/c21-15-18-20-13(11-7-3-1-4-8-11)16-17-14(20)19(15)12-9-5-2-6-10-12/h1-10H,(H,18,21). The van der Waals surface area contributed by atoms with E-state index >= 15 is 0 Å². The summed E-state index contributed by atoms with van der Waals surface area (Å²) in [6.07, 6.45) is 0. The molecule has 0 aliphatic rings. The molecule has 4 aromatic rings. The number of H-pyrrole nitrogens is 1. The van der Waals surface area contributed by atoms with E-state index in [1.807, 2.05) is 60.7 Å². The maximum absolute atomic E-state index is 12.2. The number of hydrogen-bond donors (Lipinski definition) is 1. The predicted octanol–water partition coefficient (Wildman–Crippen LogP) is 1.88. The molecule has 0 amide bonds. The molecule has 6 nitrogen and oxygen atoms in total. The summed E-state index contributed by atoms with van der Waals surface area (Å²) in [6, 6.07) is 19.0. The Kier molecular flexibility index (Phi) is 2.47. The van der Waals surface area contributed by atoms with Crippen LogP contribution in [0.1, 0.15) is 0 Å². The van der Waals surface area contributed by atoms with Crippen molar-refractivity contribution in [2.75, 3.05) is 0 Å². The minimum Gasteiger partial charge on any atom is -0.246 e. The second-order valence-electron chi connectivity index (χ2n) is 4.61. The molecule has 0 aliphatic carbocycles. The van der Waals surface area contributed by atoms with E-state index in [1.165, 1.54) is 4.57 Å². The van der Waals surface area contributed by atoms with Gasteiger partial charge in [-0.15, -0.1) is 10.2 Å². The number of para-hydroxylation sites is 1. The van der Waals surface area contributed by atoms with E-state index < -0.39 is 0 Å². The summed E-state index contributed by atoms with van der Waals surface area (Å²) in [4.78, 5) is 12.2. The van der Waals surface area contributed by atoms with Crippen LogP contribution in [0.3, 0.4) is 0 Å². The summed E-state index contributed by atoms with van der Waals surface area (Å²) < 4.78 is 3.10. The Morgan fingerprint density at radius 2 is 1.52 bits per heavy atom. The molecule has 0 saturated carbocycles. The largest absolute Gasteiger partial charge is 0.348 e. The van der Waals surface area contributed by atoms with Crippen molar-refractivity contribution in [1.29, 1.82) is 0 Å². The van der Waals surface area contributed by atoms with E-state index in [9.17, 15) is 4.79 Å². The van der Waals surface area contributed by atoms with Crippen molar-refractivity contribution in [3.63, 3.8) is 0 Å². The first-order valence-corrected chi connectivity index (χ1v) is 6.51. The minimum absolute atomic E-state index is 0.247. The molecule has 21 heavy (non-hydrogen) atoms. The Morgan fingerprint density at radius 1 is 0.857 bits per heavy atom. The molecule has 1 N–H and O–H groups in total. The molecule has 0 atom stereocenters. The summed E-state index contributed by atoms with van der Waals surface area (Å²) in [5, 5.41) is 11.1. The van der Waals surface area contributed by atoms with Gasteiger partial charge in [-0.05, 0) is 12.1 Å². The first-order chi connectivity index (χ1) is 10.3. The zero-order valence-electron chi connectivity index (χ0n) is 11.0. The van der Waals surface area contributed by atoms with Gasteiger partial charge in [0.1, 0.15) is 0 Å².